The highest BCUT2D eigenvalue weighted by atomic mass is 79.9. The minimum absolute atomic E-state index is 0.287. The van der Waals surface area contributed by atoms with E-state index in [4.69, 9.17) is 34.8 Å². The molecule has 6 heteroatoms. The third-order valence-corrected chi connectivity index (χ3v) is 5.05. The molecule has 2 rings (SSSR count). The summed E-state index contributed by atoms with van der Waals surface area (Å²) in [6.45, 7) is 0. The SMILES string of the molecule is Fc1cc(Br)c(Cl)cc1C(Cl)c1cc(Br)ccc1Cl. The molecule has 0 bridgehead atoms. The molecule has 0 nitrogen and oxygen atoms in total. The molecule has 0 spiro atoms. The molecule has 0 aliphatic rings. The molecule has 0 aliphatic carbocycles. The van der Waals surface area contributed by atoms with Crippen molar-refractivity contribution in [1.29, 1.82) is 0 Å². The number of rotatable bonds is 2. The molecule has 2 aromatic rings. The Kier molecular flexibility index (Phi) is 5.18. The minimum Gasteiger partial charge on any atom is -0.207 e. The summed E-state index contributed by atoms with van der Waals surface area (Å²) in [7, 11) is 0. The zero-order chi connectivity index (χ0) is 14.2. The Morgan fingerprint density at radius 3 is 2.32 bits per heavy atom. The van der Waals surface area contributed by atoms with Crippen LogP contribution in [0.1, 0.15) is 16.5 Å². The van der Waals surface area contributed by atoms with Gasteiger partial charge in [0.25, 0.3) is 0 Å². The van der Waals surface area contributed by atoms with Crippen LogP contribution < -0.4 is 0 Å². The zero-order valence-electron chi connectivity index (χ0n) is 9.23. The van der Waals surface area contributed by atoms with Crippen LogP contribution >= 0.6 is 66.7 Å². The Bertz CT molecular complexity index is 632. The van der Waals surface area contributed by atoms with Gasteiger partial charge in [0, 0.05) is 19.5 Å². The average Bonchev–Trinajstić information content (AvgIpc) is 2.36. The fraction of sp³-hybridized carbons (Fsp3) is 0.0769. The molecule has 1 unspecified atom stereocenters. The van der Waals surface area contributed by atoms with Gasteiger partial charge in [-0.1, -0.05) is 39.1 Å². The fourth-order valence-electron chi connectivity index (χ4n) is 1.61. The second kappa shape index (κ2) is 6.31. The van der Waals surface area contributed by atoms with E-state index in [2.05, 4.69) is 31.9 Å². The summed E-state index contributed by atoms with van der Waals surface area (Å²) in [6, 6.07) is 8.04. The van der Waals surface area contributed by atoms with E-state index in [0.717, 1.165) is 4.47 Å². The van der Waals surface area contributed by atoms with E-state index in [1.54, 1.807) is 18.2 Å². The second-order valence-electron chi connectivity index (χ2n) is 3.82. The van der Waals surface area contributed by atoms with Crippen LogP contribution in [0.4, 0.5) is 4.39 Å². The van der Waals surface area contributed by atoms with E-state index in [9.17, 15) is 4.39 Å². The topological polar surface area (TPSA) is 0 Å². The molecular formula is C13H6Br2Cl3F. The number of halogens is 6. The van der Waals surface area contributed by atoms with Crippen molar-refractivity contribution in [3.63, 3.8) is 0 Å². The largest absolute Gasteiger partial charge is 0.207 e. The molecule has 0 aromatic heterocycles. The lowest BCUT2D eigenvalue weighted by molar-refractivity contribution is 0.611. The summed E-state index contributed by atoms with van der Waals surface area (Å²) in [5.41, 5.74) is 0.907. The number of benzene rings is 2. The van der Waals surface area contributed by atoms with Crippen LogP contribution in [0.2, 0.25) is 10.0 Å². The van der Waals surface area contributed by atoms with Gasteiger partial charge >= 0.3 is 0 Å². The van der Waals surface area contributed by atoms with Crippen molar-refractivity contribution < 1.29 is 4.39 Å². The standard InChI is InChI=1S/C13H6Br2Cl3F/c14-6-1-2-10(16)7(3-6)13(18)8-4-11(17)9(15)5-12(8)19/h1-5,13H. The Balaban J connectivity index is 2.52. The molecular weight excluding hydrogens is 441 g/mol. The highest BCUT2D eigenvalue weighted by molar-refractivity contribution is 9.10. The van der Waals surface area contributed by atoms with Crippen LogP contribution in [0.15, 0.2) is 39.3 Å². The average molecular weight is 447 g/mol. The summed E-state index contributed by atoms with van der Waals surface area (Å²) in [4.78, 5) is 0. The van der Waals surface area contributed by atoms with Crippen LogP contribution in [0.3, 0.4) is 0 Å². The van der Waals surface area contributed by atoms with Gasteiger partial charge in [-0.25, -0.2) is 4.39 Å². The minimum atomic E-state index is -0.712. The first-order valence-corrected chi connectivity index (χ1v) is 7.91. The number of alkyl halides is 1. The molecule has 2 aromatic carbocycles. The Labute approximate surface area is 142 Å². The van der Waals surface area contributed by atoms with Crippen molar-refractivity contribution in [2.75, 3.05) is 0 Å². The number of hydrogen-bond acceptors (Lipinski definition) is 0. The molecule has 0 saturated heterocycles. The first-order valence-electron chi connectivity index (χ1n) is 5.13. The van der Waals surface area contributed by atoms with Gasteiger partial charge in [-0.05, 0) is 51.8 Å². The molecule has 0 N–H and O–H groups in total. The molecule has 100 valence electrons. The maximum Gasteiger partial charge on any atom is 0.129 e. The molecule has 0 aliphatic heterocycles. The highest BCUT2D eigenvalue weighted by Crippen LogP contribution is 2.38. The predicted molar refractivity (Wildman–Crippen MR) is 86.0 cm³/mol. The summed E-state index contributed by atoms with van der Waals surface area (Å²) < 4.78 is 15.3. The van der Waals surface area contributed by atoms with Gasteiger partial charge in [-0.2, -0.15) is 0 Å². The van der Waals surface area contributed by atoms with E-state index >= 15 is 0 Å². The third-order valence-electron chi connectivity index (χ3n) is 2.54. The summed E-state index contributed by atoms with van der Waals surface area (Å²) in [5.74, 6) is -0.438. The first kappa shape index (κ1) is 15.6. The van der Waals surface area contributed by atoms with Gasteiger partial charge in [0.15, 0.2) is 0 Å². The van der Waals surface area contributed by atoms with Crippen LogP contribution in [0.5, 0.6) is 0 Å². The smallest absolute Gasteiger partial charge is 0.129 e. The van der Waals surface area contributed by atoms with Gasteiger partial charge in [0.2, 0.25) is 0 Å². The van der Waals surface area contributed by atoms with Gasteiger partial charge in [0.05, 0.1) is 10.4 Å². The van der Waals surface area contributed by atoms with E-state index in [0.29, 0.717) is 20.1 Å². The molecule has 0 saturated carbocycles. The van der Waals surface area contributed by atoms with Crippen molar-refractivity contribution >= 4 is 66.7 Å². The van der Waals surface area contributed by atoms with E-state index in [-0.39, 0.29) is 5.56 Å². The summed E-state index contributed by atoms with van der Waals surface area (Å²) in [5, 5.41) is 0.158. The van der Waals surface area contributed by atoms with Crippen molar-refractivity contribution in [1.82, 2.24) is 0 Å². The van der Waals surface area contributed by atoms with E-state index in [1.807, 2.05) is 0 Å². The summed E-state index contributed by atoms with van der Waals surface area (Å²) in [6.07, 6.45) is 0. The third kappa shape index (κ3) is 3.45. The van der Waals surface area contributed by atoms with E-state index in [1.165, 1.54) is 12.1 Å². The van der Waals surface area contributed by atoms with Gasteiger partial charge < -0.3 is 0 Å². The lowest BCUT2D eigenvalue weighted by Gasteiger charge is -2.14. The predicted octanol–water partition coefficient (Wildman–Crippen LogP) is 6.99. The Morgan fingerprint density at radius 2 is 1.63 bits per heavy atom. The molecule has 0 fully saturated rings. The first-order chi connectivity index (χ1) is 8.90. The van der Waals surface area contributed by atoms with E-state index < -0.39 is 11.2 Å². The lowest BCUT2D eigenvalue weighted by Crippen LogP contribution is -1.98. The van der Waals surface area contributed by atoms with Crippen molar-refractivity contribution in [3.05, 3.63) is 66.3 Å². The molecule has 0 heterocycles. The van der Waals surface area contributed by atoms with Crippen LogP contribution in [0, 0.1) is 5.82 Å². The molecule has 19 heavy (non-hydrogen) atoms. The van der Waals surface area contributed by atoms with Crippen molar-refractivity contribution in [2.24, 2.45) is 0 Å². The maximum absolute atomic E-state index is 14.0. The van der Waals surface area contributed by atoms with Crippen molar-refractivity contribution in [3.8, 4) is 0 Å². The van der Waals surface area contributed by atoms with Crippen LogP contribution in [-0.4, -0.2) is 0 Å². The quantitative estimate of drug-likeness (QED) is 0.344. The monoisotopic (exact) mass is 444 g/mol. The zero-order valence-corrected chi connectivity index (χ0v) is 14.7. The van der Waals surface area contributed by atoms with Crippen LogP contribution in [-0.2, 0) is 0 Å². The maximum atomic E-state index is 14.0. The molecule has 0 radical (unpaired) electrons. The molecule has 0 amide bonds. The molecule has 1 atom stereocenters. The van der Waals surface area contributed by atoms with Gasteiger partial charge in [0.1, 0.15) is 5.82 Å². The fourth-order valence-corrected chi connectivity index (χ4v) is 3.11. The summed E-state index contributed by atoms with van der Waals surface area (Å²) >= 11 is 24.9. The Hall–Kier alpha value is 0.200. The van der Waals surface area contributed by atoms with Gasteiger partial charge in [-0.15, -0.1) is 11.6 Å². The van der Waals surface area contributed by atoms with Gasteiger partial charge in [-0.3, -0.25) is 0 Å². The normalized spacial score (nSPS) is 12.5. The highest BCUT2D eigenvalue weighted by Gasteiger charge is 2.19. The number of hydrogen-bond donors (Lipinski definition) is 0. The van der Waals surface area contributed by atoms with Crippen LogP contribution in [0.25, 0.3) is 0 Å². The second-order valence-corrected chi connectivity index (χ2v) is 6.84. The van der Waals surface area contributed by atoms with Crippen molar-refractivity contribution in [2.45, 2.75) is 5.38 Å². The lowest BCUT2D eigenvalue weighted by atomic mass is 10.0. The Morgan fingerprint density at radius 1 is 0.947 bits per heavy atom.